The Labute approximate surface area is 133 Å². The monoisotopic (exact) mass is 331 g/mol. The number of nitrogens with one attached hydrogen (secondary N) is 1. The van der Waals surface area contributed by atoms with Crippen LogP contribution in [0.5, 0.6) is 0 Å². The number of hydrogen-bond donors (Lipinski definition) is 1. The van der Waals surface area contributed by atoms with Crippen molar-refractivity contribution in [3.8, 4) is 0 Å². The van der Waals surface area contributed by atoms with Gasteiger partial charge < -0.3 is 9.72 Å². The summed E-state index contributed by atoms with van der Waals surface area (Å²) in [6.07, 6.45) is 0. The van der Waals surface area contributed by atoms with Crippen molar-refractivity contribution in [2.24, 2.45) is 0 Å². The molecule has 7 heteroatoms. The summed E-state index contributed by atoms with van der Waals surface area (Å²) in [7, 11) is 1.15. The summed E-state index contributed by atoms with van der Waals surface area (Å²) in [4.78, 5) is 40.2. The second kappa shape index (κ2) is 5.77. The van der Waals surface area contributed by atoms with E-state index in [0.717, 1.165) is 30.6 Å². The van der Waals surface area contributed by atoms with E-state index in [4.69, 9.17) is 0 Å². The summed E-state index contributed by atoms with van der Waals surface area (Å²) in [6.45, 7) is 0. The maximum absolute atomic E-state index is 13.4. The first kappa shape index (κ1) is 15.1. The highest BCUT2D eigenvalue weighted by molar-refractivity contribution is 7.12. The fourth-order valence-corrected chi connectivity index (χ4v) is 2.93. The minimum absolute atomic E-state index is 0.00226. The molecule has 5 nitrogen and oxygen atoms in total. The van der Waals surface area contributed by atoms with E-state index in [0.29, 0.717) is 4.88 Å². The van der Waals surface area contributed by atoms with Gasteiger partial charge in [0, 0.05) is 5.39 Å². The van der Waals surface area contributed by atoms with Crippen molar-refractivity contribution in [3.63, 3.8) is 0 Å². The van der Waals surface area contributed by atoms with Crippen LogP contribution in [0.1, 0.15) is 25.7 Å². The first-order valence-electron chi connectivity index (χ1n) is 6.55. The van der Waals surface area contributed by atoms with E-state index in [1.165, 1.54) is 6.07 Å². The van der Waals surface area contributed by atoms with E-state index in [9.17, 15) is 18.8 Å². The van der Waals surface area contributed by atoms with Crippen LogP contribution in [0.2, 0.25) is 0 Å². The molecule has 0 spiro atoms. The molecule has 0 unspecified atom stereocenters. The van der Waals surface area contributed by atoms with Crippen molar-refractivity contribution in [1.82, 2.24) is 4.98 Å². The van der Waals surface area contributed by atoms with Crippen LogP contribution in [-0.4, -0.2) is 23.8 Å². The maximum atomic E-state index is 13.4. The van der Waals surface area contributed by atoms with E-state index in [2.05, 4.69) is 9.72 Å². The van der Waals surface area contributed by atoms with Gasteiger partial charge in [0.1, 0.15) is 17.1 Å². The van der Waals surface area contributed by atoms with Gasteiger partial charge in [-0.1, -0.05) is 6.07 Å². The predicted octanol–water partition coefficient (Wildman–Crippen LogP) is 2.75. The van der Waals surface area contributed by atoms with Crippen molar-refractivity contribution in [2.45, 2.75) is 0 Å². The summed E-state index contributed by atoms with van der Waals surface area (Å²) in [5, 5.41) is 1.68. The number of thiophene rings is 1. The highest BCUT2D eigenvalue weighted by Crippen LogP contribution is 2.19. The molecule has 0 fully saturated rings. The van der Waals surface area contributed by atoms with Crippen molar-refractivity contribution in [1.29, 1.82) is 0 Å². The molecule has 0 aliphatic carbocycles. The summed E-state index contributed by atoms with van der Waals surface area (Å²) in [6, 6.07) is 6.71. The summed E-state index contributed by atoms with van der Waals surface area (Å²) in [5.74, 6) is -2.05. The number of methoxy groups -OCH3 is 1. The Morgan fingerprint density at radius 1 is 1.26 bits per heavy atom. The number of rotatable bonds is 3. The summed E-state index contributed by atoms with van der Waals surface area (Å²) < 4.78 is 18.1. The standard InChI is InChI=1S/C16H10FNO4S/c1-22-16(21)13-12(15(20)11-3-2-6-23-11)14(19)9-7-8(17)4-5-10(9)18-13/h2-7H,1H3,(H,18,19). The molecule has 2 aromatic heterocycles. The van der Waals surface area contributed by atoms with Crippen molar-refractivity contribution in [3.05, 3.63) is 67.9 Å². The molecule has 0 aliphatic heterocycles. The number of ketones is 1. The zero-order valence-corrected chi connectivity index (χ0v) is 12.7. The Hall–Kier alpha value is -2.80. The second-order valence-corrected chi connectivity index (χ2v) is 5.64. The Morgan fingerprint density at radius 3 is 2.70 bits per heavy atom. The van der Waals surface area contributed by atoms with Crippen LogP contribution in [0.3, 0.4) is 0 Å². The van der Waals surface area contributed by atoms with E-state index < -0.39 is 23.0 Å². The molecule has 1 N–H and O–H groups in total. The smallest absolute Gasteiger partial charge is 0.355 e. The molecule has 0 atom stereocenters. The molecule has 3 rings (SSSR count). The number of H-pyrrole nitrogens is 1. The van der Waals surface area contributed by atoms with Crippen molar-refractivity contribution in [2.75, 3.05) is 7.11 Å². The van der Waals surface area contributed by atoms with Gasteiger partial charge in [0.15, 0.2) is 0 Å². The van der Waals surface area contributed by atoms with Gasteiger partial charge in [0.05, 0.1) is 17.5 Å². The molecule has 1 aromatic carbocycles. The van der Waals surface area contributed by atoms with E-state index in [-0.39, 0.29) is 22.2 Å². The third kappa shape index (κ3) is 2.55. The average Bonchev–Trinajstić information content (AvgIpc) is 3.08. The number of aromatic amines is 1. The number of ether oxygens (including phenoxy) is 1. The maximum Gasteiger partial charge on any atom is 0.355 e. The first-order chi connectivity index (χ1) is 11.0. The third-order valence-electron chi connectivity index (χ3n) is 3.32. The molecular weight excluding hydrogens is 321 g/mol. The van der Waals surface area contributed by atoms with Crippen LogP contribution >= 0.6 is 11.3 Å². The van der Waals surface area contributed by atoms with Gasteiger partial charge in [-0.05, 0) is 29.6 Å². The fourth-order valence-electron chi connectivity index (χ4n) is 2.26. The minimum Gasteiger partial charge on any atom is -0.464 e. The first-order valence-corrected chi connectivity index (χ1v) is 7.43. The number of carbonyl (C=O) groups excluding carboxylic acids is 2. The zero-order chi connectivity index (χ0) is 16.6. The predicted molar refractivity (Wildman–Crippen MR) is 83.6 cm³/mol. The number of carbonyl (C=O) groups is 2. The second-order valence-electron chi connectivity index (χ2n) is 4.69. The highest BCUT2D eigenvalue weighted by Gasteiger charge is 2.25. The van der Waals surface area contributed by atoms with E-state index >= 15 is 0 Å². The number of pyridine rings is 1. The number of esters is 1. The zero-order valence-electron chi connectivity index (χ0n) is 11.9. The molecule has 0 amide bonds. The van der Waals surface area contributed by atoms with E-state index in [1.807, 2.05) is 0 Å². The molecule has 3 aromatic rings. The molecular formula is C16H10FNO4S. The molecule has 0 saturated carbocycles. The quantitative estimate of drug-likeness (QED) is 0.591. The van der Waals surface area contributed by atoms with Crippen molar-refractivity contribution < 1.29 is 18.7 Å². The molecule has 0 radical (unpaired) electrons. The van der Waals surface area contributed by atoms with Crippen LogP contribution in [-0.2, 0) is 4.74 Å². The lowest BCUT2D eigenvalue weighted by atomic mass is 10.0. The van der Waals surface area contributed by atoms with Crippen LogP contribution in [0.4, 0.5) is 4.39 Å². The minimum atomic E-state index is -0.840. The van der Waals surface area contributed by atoms with Gasteiger partial charge in [-0.15, -0.1) is 11.3 Å². The van der Waals surface area contributed by atoms with Gasteiger partial charge in [0.2, 0.25) is 11.2 Å². The Kier molecular flexibility index (Phi) is 3.79. The number of halogens is 1. The largest absolute Gasteiger partial charge is 0.464 e. The van der Waals surface area contributed by atoms with Crippen LogP contribution in [0, 0.1) is 5.82 Å². The van der Waals surface area contributed by atoms with Crippen LogP contribution in [0.15, 0.2) is 40.5 Å². The fraction of sp³-hybridized carbons (Fsp3) is 0.0625. The van der Waals surface area contributed by atoms with Crippen LogP contribution in [0.25, 0.3) is 10.9 Å². The van der Waals surface area contributed by atoms with Gasteiger partial charge in [0.25, 0.3) is 0 Å². The SMILES string of the molecule is COC(=O)c1[nH]c2ccc(F)cc2c(=O)c1C(=O)c1cccs1. The van der Waals surface area contributed by atoms with Gasteiger partial charge >= 0.3 is 5.97 Å². The Morgan fingerprint density at radius 2 is 2.04 bits per heavy atom. The summed E-state index contributed by atoms with van der Waals surface area (Å²) in [5.41, 5.74) is -1.05. The topological polar surface area (TPSA) is 76.2 Å². The molecule has 0 saturated heterocycles. The Balaban J connectivity index is 2.37. The average molecular weight is 331 g/mol. The number of hydrogen-bond acceptors (Lipinski definition) is 5. The number of fused-ring (bicyclic) bond motifs is 1. The van der Waals surface area contributed by atoms with Crippen molar-refractivity contribution >= 4 is 34.0 Å². The number of aromatic nitrogens is 1. The normalized spacial score (nSPS) is 10.7. The molecule has 23 heavy (non-hydrogen) atoms. The molecule has 2 heterocycles. The van der Waals surface area contributed by atoms with Gasteiger partial charge in [-0.3, -0.25) is 9.59 Å². The molecule has 0 bridgehead atoms. The Bertz CT molecular complexity index is 976. The molecule has 116 valence electrons. The lowest BCUT2D eigenvalue weighted by Crippen LogP contribution is -2.23. The van der Waals surface area contributed by atoms with Crippen LogP contribution < -0.4 is 5.43 Å². The highest BCUT2D eigenvalue weighted by atomic mass is 32.1. The summed E-state index contributed by atoms with van der Waals surface area (Å²) >= 11 is 1.14. The molecule has 0 aliphatic rings. The number of benzene rings is 1. The lowest BCUT2D eigenvalue weighted by molar-refractivity contribution is 0.0591. The third-order valence-corrected chi connectivity index (χ3v) is 4.19. The van der Waals surface area contributed by atoms with Gasteiger partial charge in [-0.25, -0.2) is 9.18 Å². The van der Waals surface area contributed by atoms with Gasteiger partial charge in [-0.2, -0.15) is 0 Å². The van der Waals surface area contributed by atoms with E-state index in [1.54, 1.807) is 17.5 Å². The lowest BCUT2D eigenvalue weighted by Gasteiger charge is -2.08.